The first kappa shape index (κ1) is 10.1. The summed E-state index contributed by atoms with van der Waals surface area (Å²) in [6, 6.07) is 0. The number of carboxylic acid groups (broad SMARTS) is 1. The van der Waals surface area contributed by atoms with Crippen molar-refractivity contribution in [2.24, 2.45) is 5.92 Å². The smallest absolute Gasteiger partial charge is 0.303 e. The van der Waals surface area contributed by atoms with Crippen LogP contribution in [0.15, 0.2) is 4.63 Å². The number of likely N-dealkylation sites (tertiary alicyclic amines) is 1. The summed E-state index contributed by atoms with van der Waals surface area (Å²) in [6.45, 7) is 4.18. The third-order valence-electron chi connectivity index (χ3n) is 2.62. The summed E-state index contributed by atoms with van der Waals surface area (Å²) in [7, 11) is 0. The second-order valence-corrected chi connectivity index (χ2v) is 3.95. The Labute approximate surface area is 86.8 Å². The third kappa shape index (κ3) is 2.33. The highest BCUT2D eigenvalue weighted by Crippen LogP contribution is 2.21. The van der Waals surface area contributed by atoms with E-state index in [2.05, 4.69) is 19.8 Å². The standard InChI is InChI=1S/C9H13N3O3/c1-6-8(11-15-10-6)5-12-3-7(4-12)2-9(13)14/h7H,2-5H2,1H3,(H,13,14). The summed E-state index contributed by atoms with van der Waals surface area (Å²) in [5, 5.41) is 16.0. The summed E-state index contributed by atoms with van der Waals surface area (Å²) in [5.74, 6) is -0.443. The highest BCUT2D eigenvalue weighted by Gasteiger charge is 2.29. The van der Waals surface area contributed by atoms with Crippen molar-refractivity contribution in [1.82, 2.24) is 15.2 Å². The van der Waals surface area contributed by atoms with Crippen molar-refractivity contribution in [3.63, 3.8) is 0 Å². The lowest BCUT2D eigenvalue weighted by molar-refractivity contribution is -0.139. The van der Waals surface area contributed by atoms with Crippen LogP contribution in [0, 0.1) is 12.8 Å². The molecule has 1 fully saturated rings. The lowest BCUT2D eigenvalue weighted by Crippen LogP contribution is -2.46. The number of aromatic nitrogens is 2. The second-order valence-electron chi connectivity index (χ2n) is 3.95. The van der Waals surface area contributed by atoms with Gasteiger partial charge in [0.05, 0.1) is 6.42 Å². The molecule has 0 radical (unpaired) electrons. The molecular weight excluding hydrogens is 198 g/mol. The van der Waals surface area contributed by atoms with E-state index in [1.54, 1.807) is 0 Å². The molecule has 0 aromatic carbocycles. The first-order valence-electron chi connectivity index (χ1n) is 4.87. The molecule has 15 heavy (non-hydrogen) atoms. The number of carbonyl (C=O) groups is 1. The summed E-state index contributed by atoms with van der Waals surface area (Å²) < 4.78 is 4.59. The molecule has 1 aliphatic heterocycles. The highest BCUT2D eigenvalue weighted by molar-refractivity contribution is 5.67. The number of carboxylic acids is 1. The first-order chi connectivity index (χ1) is 7.15. The molecule has 0 spiro atoms. The number of aryl methyl sites for hydroxylation is 1. The molecule has 0 amide bonds. The van der Waals surface area contributed by atoms with Crippen LogP contribution in [0.3, 0.4) is 0 Å². The summed E-state index contributed by atoms with van der Waals surface area (Å²) in [5.41, 5.74) is 1.64. The van der Waals surface area contributed by atoms with E-state index < -0.39 is 5.97 Å². The Bertz CT molecular complexity index is 357. The fraction of sp³-hybridized carbons (Fsp3) is 0.667. The van der Waals surface area contributed by atoms with Crippen molar-refractivity contribution < 1.29 is 14.5 Å². The van der Waals surface area contributed by atoms with Crippen LogP contribution in [-0.4, -0.2) is 39.4 Å². The molecule has 1 N–H and O–H groups in total. The van der Waals surface area contributed by atoms with Crippen LogP contribution in [-0.2, 0) is 11.3 Å². The minimum absolute atomic E-state index is 0.256. The summed E-state index contributed by atoms with van der Waals surface area (Å²) in [6.07, 6.45) is 0.256. The Hall–Kier alpha value is -1.43. The SMILES string of the molecule is Cc1nonc1CN1CC(CC(=O)O)C1. The number of nitrogens with zero attached hydrogens (tertiary/aromatic N) is 3. The summed E-state index contributed by atoms with van der Waals surface area (Å²) >= 11 is 0. The fourth-order valence-electron chi connectivity index (χ4n) is 1.79. The third-order valence-corrected chi connectivity index (χ3v) is 2.62. The van der Waals surface area contributed by atoms with E-state index in [9.17, 15) is 4.79 Å². The van der Waals surface area contributed by atoms with Gasteiger partial charge in [0, 0.05) is 19.6 Å². The maximum absolute atomic E-state index is 10.4. The van der Waals surface area contributed by atoms with Gasteiger partial charge >= 0.3 is 5.97 Å². The van der Waals surface area contributed by atoms with Gasteiger partial charge in [0.2, 0.25) is 0 Å². The van der Waals surface area contributed by atoms with Crippen molar-refractivity contribution in [3.05, 3.63) is 11.4 Å². The Kier molecular flexibility index (Phi) is 2.68. The zero-order valence-corrected chi connectivity index (χ0v) is 8.51. The zero-order valence-electron chi connectivity index (χ0n) is 8.51. The Morgan fingerprint density at radius 2 is 2.33 bits per heavy atom. The molecule has 82 valence electrons. The molecular formula is C9H13N3O3. The molecule has 0 saturated carbocycles. The van der Waals surface area contributed by atoms with Gasteiger partial charge in [-0.25, -0.2) is 4.63 Å². The number of aliphatic carboxylic acids is 1. The molecule has 0 bridgehead atoms. The normalized spacial score (nSPS) is 17.7. The van der Waals surface area contributed by atoms with Crippen molar-refractivity contribution in [2.75, 3.05) is 13.1 Å². The van der Waals surface area contributed by atoms with Crippen LogP contribution in [0.1, 0.15) is 17.8 Å². The zero-order chi connectivity index (χ0) is 10.8. The van der Waals surface area contributed by atoms with Gasteiger partial charge in [-0.15, -0.1) is 0 Å². The number of rotatable bonds is 4. The number of hydrogen-bond acceptors (Lipinski definition) is 5. The fourth-order valence-corrected chi connectivity index (χ4v) is 1.79. The number of hydrogen-bond donors (Lipinski definition) is 1. The second kappa shape index (κ2) is 3.98. The molecule has 0 atom stereocenters. The predicted molar refractivity (Wildman–Crippen MR) is 50.1 cm³/mol. The molecule has 6 nitrogen and oxygen atoms in total. The van der Waals surface area contributed by atoms with Crippen LogP contribution < -0.4 is 0 Å². The maximum atomic E-state index is 10.4. The largest absolute Gasteiger partial charge is 0.481 e. The van der Waals surface area contributed by atoms with Gasteiger partial charge in [-0.1, -0.05) is 10.3 Å². The minimum atomic E-state index is -0.723. The average molecular weight is 211 g/mol. The Morgan fingerprint density at radius 1 is 1.60 bits per heavy atom. The van der Waals surface area contributed by atoms with E-state index in [0.29, 0.717) is 6.54 Å². The highest BCUT2D eigenvalue weighted by atomic mass is 16.6. The molecule has 1 saturated heterocycles. The van der Waals surface area contributed by atoms with E-state index in [4.69, 9.17) is 5.11 Å². The van der Waals surface area contributed by atoms with Crippen molar-refractivity contribution in [3.8, 4) is 0 Å². The van der Waals surface area contributed by atoms with Gasteiger partial charge in [-0.3, -0.25) is 9.69 Å². The topological polar surface area (TPSA) is 79.5 Å². The van der Waals surface area contributed by atoms with E-state index >= 15 is 0 Å². The lowest BCUT2D eigenvalue weighted by atomic mass is 9.96. The average Bonchev–Trinajstić information content (AvgIpc) is 2.47. The maximum Gasteiger partial charge on any atom is 0.303 e. The quantitative estimate of drug-likeness (QED) is 0.770. The van der Waals surface area contributed by atoms with Crippen LogP contribution in [0.25, 0.3) is 0 Å². The first-order valence-corrected chi connectivity index (χ1v) is 4.87. The summed E-state index contributed by atoms with van der Waals surface area (Å²) in [4.78, 5) is 12.6. The molecule has 1 aliphatic rings. The molecule has 6 heteroatoms. The van der Waals surface area contributed by atoms with Gasteiger partial charge in [-0.2, -0.15) is 0 Å². The van der Waals surface area contributed by atoms with Gasteiger partial charge < -0.3 is 5.11 Å². The monoisotopic (exact) mass is 211 g/mol. The van der Waals surface area contributed by atoms with Crippen molar-refractivity contribution >= 4 is 5.97 Å². The molecule has 2 rings (SSSR count). The van der Waals surface area contributed by atoms with Gasteiger partial charge in [0.25, 0.3) is 0 Å². The van der Waals surface area contributed by atoms with Crippen LogP contribution in [0.5, 0.6) is 0 Å². The van der Waals surface area contributed by atoms with E-state index in [0.717, 1.165) is 24.5 Å². The molecule has 1 aromatic heterocycles. The van der Waals surface area contributed by atoms with Gasteiger partial charge in [0.1, 0.15) is 11.4 Å². The van der Waals surface area contributed by atoms with Crippen molar-refractivity contribution in [1.29, 1.82) is 0 Å². The van der Waals surface area contributed by atoms with Crippen LogP contribution in [0.4, 0.5) is 0 Å². The van der Waals surface area contributed by atoms with Gasteiger partial charge in [0.15, 0.2) is 0 Å². The Balaban J connectivity index is 1.77. The van der Waals surface area contributed by atoms with E-state index in [-0.39, 0.29) is 12.3 Å². The Morgan fingerprint density at radius 3 is 2.87 bits per heavy atom. The molecule has 1 aromatic rings. The van der Waals surface area contributed by atoms with E-state index in [1.807, 2.05) is 6.92 Å². The predicted octanol–water partition coefficient (Wildman–Crippen LogP) is 0.285. The van der Waals surface area contributed by atoms with Gasteiger partial charge in [-0.05, 0) is 12.8 Å². The molecule has 0 unspecified atom stereocenters. The molecule has 2 heterocycles. The van der Waals surface area contributed by atoms with Crippen LogP contribution in [0.2, 0.25) is 0 Å². The van der Waals surface area contributed by atoms with E-state index in [1.165, 1.54) is 0 Å². The lowest BCUT2D eigenvalue weighted by Gasteiger charge is -2.37. The van der Waals surface area contributed by atoms with Crippen LogP contribution >= 0.6 is 0 Å². The minimum Gasteiger partial charge on any atom is -0.481 e. The molecule has 0 aliphatic carbocycles. The van der Waals surface area contributed by atoms with Crippen molar-refractivity contribution in [2.45, 2.75) is 19.9 Å².